The first-order valence-corrected chi connectivity index (χ1v) is 5.14. The van der Waals surface area contributed by atoms with Crippen molar-refractivity contribution in [2.75, 3.05) is 6.67 Å². The molecule has 0 saturated heterocycles. The van der Waals surface area contributed by atoms with Crippen molar-refractivity contribution >= 4 is 5.97 Å². The van der Waals surface area contributed by atoms with Crippen LogP contribution in [0.1, 0.15) is 18.1 Å². The normalized spacial score (nSPS) is 12.4. The summed E-state index contributed by atoms with van der Waals surface area (Å²) in [7, 11) is 0. The van der Waals surface area contributed by atoms with Crippen LogP contribution in [0.4, 0.5) is 4.39 Å². The maximum atomic E-state index is 12.2. The van der Waals surface area contributed by atoms with Gasteiger partial charge in [0.25, 0.3) is 0 Å². The molecule has 88 valence electrons. The number of aliphatic carboxylic acids is 1. The molecule has 1 rings (SSSR count). The van der Waals surface area contributed by atoms with Crippen LogP contribution in [0.5, 0.6) is 5.75 Å². The van der Waals surface area contributed by atoms with Gasteiger partial charge >= 0.3 is 5.97 Å². The zero-order chi connectivity index (χ0) is 12.1. The molecule has 0 aromatic heterocycles. The van der Waals surface area contributed by atoms with Gasteiger partial charge in [-0.05, 0) is 23.6 Å². The van der Waals surface area contributed by atoms with E-state index in [1.54, 1.807) is 19.1 Å². The van der Waals surface area contributed by atoms with Crippen LogP contribution in [0.15, 0.2) is 18.2 Å². The first-order chi connectivity index (χ1) is 7.54. The SMILES string of the molecule is CC(Cc1ccc(O)c(CCF)c1)C(=O)O. The van der Waals surface area contributed by atoms with E-state index in [1.165, 1.54) is 6.07 Å². The fourth-order valence-electron chi connectivity index (χ4n) is 1.51. The van der Waals surface area contributed by atoms with Crippen LogP contribution in [-0.4, -0.2) is 22.9 Å². The molecule has 0 spiro atoms. The Morgan fingerprint density at radius 3 is 2.75 bits per heavy atom. The van der Waals surface area contributed by atoms with E-state index >= 15 is 0 Å². The number of phenolic OH excluding ortho intramolecular Hbond substituents is 1. The standard InChI is InChI=1S/C12H15FO3/c1-8(12(15)16)6-9-2-3-11(14)10(7-9)4-5-13/h2-3,7-8,14H,4-6H2,1H3,(H,15,16). The topological polar surface area (TPSA) is 57.5 Å². The van der Waals surface area contributed by atoms with Gasteiger partial charge in [0.05, 0.1) is 12.6 Å². The molecule has 0 aliphatic heterocycles. The van der Waals surface area contributed by atoms with Crippen molar-refractivity contribution in [3.8, 4) is 5.75 Å². The van der Waals surface area contributed by atoms with Crippen LogP contribution in [-0.2, 0) is 17.6 Å². The number of rotatable bonds is 5. The van der Waals surface area contributed by atoms with E-state index in [4.69, 9.17) is 5.11 Å². The highest BCUT2D eigenvalue weighted by Crippen LogP contribution is 2.21. The predicted octanol–water partition coefficient (Wildman–Crippen LogP) is 2.17. The summed E-state index contributed by atoms with van der Waals surface area (Å²) in [5.41, 5.74) is 1.33. The van der Waals surface area contributed by atoms with E-state index in [0.717, 1.165) is 5.56 Å². The highest BCUT2D eigenvalue weighted by Gasteiger charge is 2.12. The molecule has 0 amide bonds. The van der Waals surface area contributed by atoms with E-state index in [2.05, 4.69) is 0 Å². The Balaban J connectivity index is 2.82. The number of alkyl halides is 1. The Morgan fingerprint density at radius 2 is 2.19 bits per heavy atom. The number of hydrogen-bond acceptors (Lipinski definition) is 2. The molecular formula is C12H15FO3. The minimum absolute atomic E-state index is 0.0596. The van der Waals surface area contributed by atoms with Gasteiger partial charge in [0.15, 0.2) is 0 Å². The average molecular weight is 226 g/mol. The molecule has 0 fully saturated rings. The van der Waals surface area contributed by atoms with Gasteiger partial charge in [0.1, 0.15) is 5.75 Å². The van der Waals surface area contributed by atoms with Crippen molar-refractivity contribution in [3.63, 3.8) is 0 Å². The van der Waals surface area contributed by atoms with Crippen molar-refractivity contribution in [2.24, 2.45) is 5.92 Å². The Bertz CT molecular complexity index is 377. The lowest BCUT2D eigenvalue weighted by molar-refractivity contribution is -0.141. The van der Waals surface area contributed by atoms with E-state index in [-0.39, 0.29) is 12.2 Å². The molecule has 1 unspecified atom stereocenters. The van der Waals surface area contributed by atoms with Gasteiger partial charge in [-0.3, -0.25) is 9.18 Å². The second kappa shape index (κ2) is 5.49. The lowest BCUT2D eigenvalue weighted by Crippen LogP contribution is -2.12. The van der Waals surface area contributed by atoms with Gasteiger partial charge < -0.3 is 10.2 Å². The molecule has 1 atom stereocenters. The molecule has 2 N–H and O–H groups in total. The monoisotopic (exact) mass is 226 g/mol. The smallest absolute Gasteiger partial charge is 0.306 e. The van der Waals surface area contributed by atoms with Gasteiger partial charge in [-0.15, -0.1) is 0 Å². The average Bonchev–Trinajstić information content (AvgIpc) is 2.23. The Labute approximate surface area is 93.5 Å². The second-order valence-corrected chi connectivity index (χ2v) is 3.85. The summed E-state index contributed by atoms with van der Waals surface area (Å²) in [6, 6.07) is 4.81. The van der Waals surface area contributed by atoms with Crippen LogP contribution in [0.3, 0.4) is 0 Å². The zero-order valence-corrected chi connectivity index (χ0v) is 9.11. The van der Waals surface area contributed by atoms with Crippen molar-refractivity contribution in [2.45, 2.75) is 19.8 Å². The van der Waals surface area contributed by atoms with Crippen LogP contribution in [0.25, 0.3) is 0 Å². The molecule has 0 radical (unpaired) electrons. The molecule has 0 heterocycles. The highest BCUT2D eigenvalue weighted by atomic mass is 19.1. The largest absolute Gasteiger partial charge is 0.508 e. The first-order valence-electron chi connectivity index (χ1n) is 5.14. The maximum Gasteiger partial charge on any atom is 0.306 e. The number of hydrogen-bond donors (Lipinski definition) is 2. The van der Waals surface area contributed by atoms with Gasteiger partial charge in [0.2, 0.25) is 0 Å². The van der Waals surface area contributed by atoms with Gasteiger partial charge in [0, 0.05) is 6.42 Å². The fraction of sp³-hybridized carbons (Fsp3) is 0.417. The second-order valence-electron chi connectivity index (χ2n) is 3.85. The Morgan fingerprint density at radius 1 is 1.50 bits per heavy atom. The zero-order valence-electron chi connectivity index (χ0n) is 9.11. The van der Waals surface area contributed by atoms with Crippen molar-refractivity contribution in [3.05, 3.63) is 29.3 Å². The lowest BCUT2D eigenvalue weighted by atomic mass is 9.98. The number of phenols is 1. The highest BCUT2D eigenvalue weighted by molar-refractivity contribution is 5.69. The van der Waals surface area contributed by atoms with Crippen molar-refractivity contribution < 1.29 is 19.4 Å². The predicted molar refractivity (Wildman–Crippen MR) is 58.3 cm³/mol. The molecule has 1 aromatic carbocycles. The molecule has 3 nitrogen and oxygen atoms in total. The van der Waals surface area contributed by atoms with Crippen molar-refractivity contribution in [1.29, 1.82) is 0 Å². The first kappa shape index (κ1) is 12.5. The number of carboxylic acids is 1. The molecule has 0 bridgehead atoms. The lowest BCUT2D eigenvalue weighted by Gasteiger charge is -2.09. The minimum Gasteiger partial charge on any atom is -0.508 e. The minimum atomic E-state index is -0.861. The molecule has 0 saturated carbocycles. The molecule has 1 aromatic rings. The summed E-state index contributed by atoms with van der Waals surface area (Å²) in [6.07, 6.45) is 0.538. The Hall–Kier alpha value is -1.58. The van der Waals surface area contributed by atoms with E-state index in [1.807, 2.05) is 0 Å². The van der Waals surface area contributed by atoms with E-state index in [9.17, 15) is 14.3 Å². The van der Waals surface area contributed by atoms with E-state index < -0.39 is 18.6 Å². The summed E-state index contributed by atoms with van der Waals surface area (Å²) in [5.74, 6) is -1.28. The van der Waals surface area contributed by atoms with Crippen molar-refractivity contribution in [1.82, 2.24) is 0 Å². The number of carbonyl (C=O) groups is 1. The molecule has 16 heavy (non-hydrogen) atoms. The van der Waals surface area contributed by atoms with Crippen LogP contribution < -0.4 is 0 Å². The quantitative estimate of drug-likeness (QED) is 0.809. The summed E-state index contributed by atoms with van der Waals surface area (Å²) < 4.78 is 12.2. The number of aryl methyl sites for hydroxylation is 1. The summed E-state index contributed by atoms with van der Waals surface area (Å²) in [5, 5.41) is 18.2. The third-order valence-corrected chi connectivity index (χ3v) is 2.47. The molecule has 0 aliphatic rings. The third kappa shape index (κ3) is 3.22. The molecule has 4 heteroatoms. The number of halogens is 1. The maximum absolute atomic E-state index is 12.2. The van der Waals surface area contributed by atoms with Crippen LogP contribution in [0.2, 0.25) is 0 Å². The molecular weight excluding hydrogens is 211 g/mol. The summed E-state index contributed by atoms with van der Waals surface area (Å²) in [4.78, 5) is 10.7. The number of carboxylic acid groups (broad SMARTS) is 1. The van der Waals surface area contributed by atoms with Gasteiger partial charge in [-0.1, -0.05) is 19.1 Å². The fourth-order valence-corrected chi connectivity index (χ4v) is 1.51. The third-order valence-electron chi connectivity index (χ3n) is 2.47. The number of aromatic hydroxyl groups is 1. The van der Waals surface area contributed by atoms with Gasteiger partial charge in [-0.25, -0.2) is 0 Å². The number of benzene rings is 1. The molecule has 0 aliphatic carbocycles. The van der Waals surface area contributed by atoms with Crippen LogP contribution >= 0.6 is 0 Å². The Kier molecular flexibility index (Phi) is 4.28. The summed E-state index contributed by atoms with van der Waals surface area (Å²) >= 11 is 0. The van der Waals surface area contributed by atoms with Crippen LogP contribution in [0, 0.1) is 5.92 Å². The van der Waals surface area contributed by atoms with E-state index in [0.29, 0.717) is 12.0 Å². The van der Waals surface area contributed by atoms with Gasteiger partial charge in [-0.2, -0.15) is 0 Å². The summed E-state index contributed by atoms with van der Waals surface area (Å²) in [6.45, 7) is 1.08.